The van der Waals surface area contributed by atoms with Gasteiger partial charge in [0.2, 0.25) is 10.0 Å². The third-order valence-corrected chi connectivity index (χ3v) is 5.52. The van der Waals surface area contributed by atoms with Gasteiger partial charge < -0.3 is 5.11 Å². The Morgan fingerprint density at radius 1 is 1.47 bits per heavy atom. The molecule has 0 spiro atoms. The highest BCUT2D eigenvalue weighted by Crippen LogP contribution is 2.30. The normalized spacial score (nSPS) is 12.9. The number of rotatable bonds is 6. The largest absolute Gasteiger partial charge is 0.441 e. The second-order valence-electron chi connectivity index (χ2n) is 3.48. The molecule has 0 saturated heterocycles. The lowest BCUT2D eigenvalue weighted by molar-refractivity contribution is -0.0327. The van der Waals surface area contributed by atoms with E-state index in [4.69, 9.17) is 5.11 Å². The van der Waals surface area contributed by atoms with Crippen LogP contribution in [0.4, 0.5) is 13.2 Å². The van der Waals surface area contributed by atoms with Crippen molar-refractivity contribution in [3.63, 3.8) is 0 Å². The molecule has 0 unspecified atom stereocenters. The van der Waals surface area contributed by atoms with Crippen LogP contribution in [0.25, 0.3) is 0 Å². The quantitative estimate of drug-likeness (QED) is 0.781. The Balaban J connectivity index is 2.63. The second-order valence-corrected chi connectivity index (χ2v) is 7.72. The predicted octanol–water partition coefficient (Wildman–Crippen LogP) is 2.08. The number of aryl methyl sites for hydroxylation is 1. The van der Waals surface area contributed by atoms with Crippen molar-refractivity contribution < 1.29 is 26.7 Å². The van der Waals surface area contributed by atoms with E-state index in [1.807, 2.05) is 0 Å². The summed E-state index contributed by atoms with van der Waals surface area (Å²) >= 11 is 0.849. The van der Waals surface area contributed by atoms with Crippen LogP contribution < -0.4 is 4.72 Å². The summed E-state index contributed by atoms with van der Waals surface area (Å²) in [5.41, 5.74) is -4.37. The van der Waals surface area contributed by atoms with Crippen LogP contribution in [0.1, 0.15) is 9.75 Å². The van der Waals surface area contributed by atoms with Crippen LogP contribution in [0.3, 0.4) is 0 Å². The number of hydrogen-bond acceptors (Lipinski definition) is 5. The topological polar surface area (TPSA) is 66.4 Å². The van der Waals surface area contributed by atoms with Gasteiger partial charge in [-0.25, -0.2) is 13.1 Å². The Hall–Kier alpha value is -0.290. The van der Waals surface area contributed by atoms with Gasteiger partial charge in [0.15, 0.2) is 0 Å². The average Bonchev–Trinajstić information content (AvgIpc) is 2.66. The lowest BCUT2D eigenvalue weighted by Gasteiger charge is -2.07. The zero-order valence-electron chi connectivity index (χ0n) is 9.82. The Labute approximate surface area is 117 Å². The minimum atomic E-state index is -4.37. The molecule has 19 heavy (non-hydrogen) atoms. The fourth-order valence-corrected chi connectivity index (χ4v) is 4.38. The van der Waals surface area contributed by atoms with E-state index in [2.05, 4.69) is 4.72 Å². The summed E-state index contributed by atoms with van der Waals surface area (Å²) in [7, 11) is -3.83. The van der Waals surface area contributed by atoms with Crippen molar-refractivity contribution in [2.45, 2.75) is 23.9 Å². The molecule has 2 N–H and O–H groups in total. The zero-order valence-corrected chi connectivity index (χ0v) is 12.3. The summed E-state index contributed by atoms with van der Waals surface area (Å²) in [5, 5.41) is 8.91. The Morgan fingerprint density at radius 2 is 2.11 bits per heavy atom. The third-order valence-electron chi connectivity index (χ3n) is 2.03. The van der Waals surface area contributed by atoms with Gasteiger partial charge in [0.25, 0.3) is 0 Å². The molecule has 0 aliphatic rings. The molecule has 0 radical (unpaired) electrons. The molecule has 0 aliphatic carbocycles. The highest BCUT2D eigenvalue weighted by atomic mass is 32.2. The fourth-order valence-electron chi connectivity index (χ4n) is 1.29. The molecule has 0 fully saturated rings. The van der Waals surface area contributed by atoms with Crippen molar-refractivity contribution >= 4 is 33.1 Å². The van der Waals surface area contributed by atoms with Crippen LogP contribution in [-0.2, 0) is 16.6 Å². The number of thiophene rings is 1. The van der Waals surface area contributed by atoms with Gasteiger partial charge in [-0.2, -0.15) is 13.2 Å². The number of sulfonamides is 1. The number of halogens is 3. The first kappa shape index (κ1) is 16.8. The molecule has 0 atom stereocenters. The van der Waals surface area contributed by atoms with E-state index in [-0.39, 0.29) is 29.8 Å². The lowest BCUT2D eigenvalue weighted by atomic mass is 10.4. The molecular formula is C9H12F3NO3S3. The monoisotopic (exact) mass is 335 g/mol. The van der Waals surface area contributed by atoms with Gasteiger partial charge in [-0.15, -0.1) is 11.3 Å². The molecule has 1 heterocycles. The summed E-state index contributed by atoms with van der Waals surface area (Å²) in [6.45, 7) is 0.990. The van der Waals surface area contributed by atoms with E-state index in [0.717, 1.165) is 11.3 Å². The van der Waals surface area contributed by atoms with Crippen molar-refractivity contribution in [2.24, 2.45) is 0 Å². The first-order chi connectivity index (χ1) is 8.65. The SMILES string of the molecule is Cc1sc(CO)cc1S(=O)(=O)NCCSC(F)(F)F. The highest BCUT2D eigenvalue weighted by molar-refractivity contribution is 8.00. The van der Waals surface area contributed by atoms with E-state index >= 15 is 0 Å². The second kappa shape index (κ2) is 6.44. The number of alkyl halides is 3. The van der Waals surface area contributed by atoms with Gasteiger partial charge in [0.05, 0.1) is 11.5 Å². The summed E-state index contributed by atoms with van der Waals surface area (Å²) in [6.07, 6.45) is 0. The van der Waals surface area contributed by atoms with Crippen LogP contribution in [0.2, 0.25) is 0 Å². The first-order valence-corrected chi connectivity index (χ1v) is 8.35. The average molecular weight is 335 g/mol. The van der Waals surface area contributed by atoms with Crippen LogP contribution in [0.5, 0.6) is 0 Å². The smallest absolute Gasteiger partial charge is 0.391 e. The Kier molecular flexibility index (Phi) is 5.68. The van der Waals surface area contributed by atoms with Gasteiger partial charge in [0, 0.05) is 22.1 Å². The molecule has 0 bridgehead atoms. The number of hydrogen-bond donors (Lipinski definition) is 2. The van der Waals surface area contributed by atoms with Gasteiger partial charge in [0.1, 0.15) is 0 Å². The summed E-state index contributed by atoms with van der Waals surface area (Å²) in [5.74, 6) is -0.390. The number of thioether (sulfide) groups is 1. The highest BCUT2D eigenvalue weighted by Gasteiger charge is 2.28. The predicted molar refractivity (Wildman–Crippen MR) is 68.7 cm³/mol. The minimum Gasteiger partial charge on any atom is -0.391 e. The Bertz CT molecular complexity index is 525. The number of aliphatic hydroxyl groups excluding tert-OH is 1. The summed E-state index contributed by atoms with van der Waals surface area (Å²) in [4.78, 5) is 0.973. The molecule has 110 valence electrons. The van der Waals surface area contributed by atoms with Crippen LogP contribution in [0, 0.1) is 6.92 Å². The summed E-state index contributed by atoms with van der Waals surface area (Å²) in [6, 6.07) is 1.32. The molecular weight excluding hydrogens is 323 g/mol. The maximum Gasteiger partial charge on any atom is 0.441 e. The number of nitrogens with one attached hydrogen (secondary N) is 1. The van der Waals surface area contributed by atoms with E-state index in [0.29, 0.717) is 9.75 Å². The number of aliphatic hydroxyl groups is 1. The molecule has 4 nitrogen and oxygen atoms in total. The van der Waals surface area contributed by atoms with Crippen molar-refractivity contribution in [2.75, 3.05) is 12.3 Å². The molecule has 10 heteroatoms. The maximum absolute atomic E-state index is 11.9. The van der Waals surface area contributed by atoms with E-state index < -0.39 is 21.3 Å². The maximum atomic E-state index is 11.9. The van der Waals surface area contributed by atoms with Gasteiger partial charge in [-0.3, -0.25) is 0 Å². The molecule has 0 saturated carbocycles. The standard InChI is InChI=1S/C9H12F3NO3S3/c1-6-8(4-7(5-14)18-6)19(15,16)13-2-3-17-9(10,11)12/h4,13-14H,2-3,5H2,1H3. The van der Waals surface area contributed by atoms with Gasteiger partial charge >= 0.3 is 5.51 Å². The van der Waals surface area contributed by atoms with Gasteiger partial charge in [-0.05, 0) is 24.8 Å². The molecule has 0 amide bonds. The first-order valence-electron chi connectivity index (χ1n) is 5.06. The van der Waals surface area contributed by atoms with E-state index in [1.54, 1.807) is 6.92 Å². The minimum absolute atomic E-state index is 0.00133. The van der Waals surface area contributed by atoms with E-state index in [1.165, 1.54) is 6.07 Å². The Morgan fingerprint density at radius 3 is 2.58 bits per heavy atom. The van der Waals surface area contributed by atoms with E-state index in [9.17, 15) is 21.6 Å². The van der Waals surface area contributed by atoms with Gasteiger partial charge in [-0.1, -0.05) is 0 Å². The molecule has 1 aromatic rings. The van der Waals surface area contributed by atoms with Crippen molar-refractivity contribution in [3.05, 3.63) is 15.8 Å². The van der Waals surface area contributed by atoms with Crippen LogP contribution in [-0.4, -0.2) is 31.3 Å². The van der Waals surface area contributed by atoms with Crippen molar-refractivity contribution in [1.82, 2.24) is 4.72 Å². The molecule has 1 aromatic heterocycles. The third kappa shape index (κ3) is 5.30. The fraction of sp³-hybridized carbons (Fsp3) is 0.556. The molecule has 0 aromatic carbocycles. The molecule has 0 aliphatic heterocycles. The van der Waals surface area contributed by atoms with Crippen molar-refractivity contribution in [3.8, 4) is 0 Å². The van der Waals surface area contributed by atoms with Crippen LogP contribution >= 0.6 is 23.1 Å². The van der Waals surface area contributed by atoms with Crippen molar-refractivity contribution in [1.29, 1.82) is 0 Å². The van der Waals surface area contributed by atoms with Crippen LogP contribution in [0.15, 0.2) is 11.0 Å². The summed E-state index contributed by atoms with van der Waals surface area (Å²) < 4.78 is 61.4. The molecule has 1 rings (SSSR count). The lowest BCUT2D eigenvalue weighted by Crippen LogP contribution is -2.26. The zero-order chi connectivity index (χ0) is 14.7.